The van der Waals surface area contributed by atoms with Crippen LogP contribution in [-0.4, -0.2) is 24.4 Å². The van der Waals surface area contributed by atoms with Crippen molar-refractivity contribution in [3.63, 3.8) is 0 Å². The molecule has 1 N–H and O–H groups in total. The third kappa shape index (κ3) is 3.32. The first kappa shape index (κ1) is 16.2. The summed E-state index contributed by atoms with van der Waals surface area (Å²) in [5.74, 6) is -0.188. The molecule has 2 amide bonds. The average Bonchev–Trinajstić information content (AvgIpc) is 2.96. The van der Waals surface area contributed by atoms with Gasteiger partial charge in [-0.2, -0.15) is 0 Å². The molecular weight excluding hydrogens is 300 g/mol. The second-order valence-electron chi connectivity index (χ2n) is 6.26. The lowest BCUT2D eigenvalue weighted by Crippen LogP contribution is -2.47. The highest BCUT2D eigenvalue weighted by atomic mass is 16.2. The third-order valence-electron chi connectivity index (χ3n) is 4.45. The molecule has 124 valence electrons. The van der Waals surface area contributed by atoms with Crippen molar-refractivity contribution in [1.29, 1.82) is 0 Å². The molecule has 0 spiro atoms. The van der Waals surface area contributed by atoms with E-state index in [4.69, 9.17) is 0 Å². The van der Waals surface area contributed by atoms with Gasteiger partial charge in [0.15, 0.2) is 0 Å². The first-order valence-electron chi connectivity index (χ1n) is 8.27. The number of nitrogens with one attached hydrogen (secondary N) is 1. The van der Waals surface area contributed by atoms with Gasteiger partial charge >= 0.3 is 0 Å². The molecule has 0 unspecified atom stereocenters. The Kier molecular flexibility index (Phi) is 4.65. The third-order valence-corrected chi connectivity index (χ3v) is 4.45. The highest BCUT2D eigenvalue weighted by Crippen LogP contribution is 2.32. The lowest BCUT2D eigenvalue weighted by molar-refractivity contribution is -0.125. The smallest absolute Gasteiger partial charge is 0.243 e. The maximum Gasteiger partial charge on any atom is 0.243 e. The van der Waals surface area contributed by atoms with Gasteiger partial charge in [0.1, 0.15) is 6.04 Å². The number of para-hydroxylation sites is 1. The monoisotopic (exact) mass is 322 g/mol. The summed E-state index contributed by atoms with van der Waals surface area (Å²) in [7, 11) is 0. The summed E-state index contributed by atoms with van der Waals surface area (Å²) in [6, 6.07) is 15.6. The van der Waals surface area contributed by atoms with Gasteiger partial charge in [0, 0.05) is 25.6 Å². The molecule has 2 aromatic carbocycles. The fraction of sp³-hybridized carbons (Fsp3) is 0.300. The van der Waals surface area contributed by atoms with Crippen molar-refractivity contribution >= 4 is 17.5 Å². The van der Waals surface area contributed by atoms with E-state index in [1.165, 1.54) is 18.1 Å². The summed E-state index contributed by atoms with van der Waals surface area (Å²) < 4.78 is 0. The molecule has 4 nitrogen and oxygen atoms in total. The largest absolute Gasteiger partial charge is 0.354 e. The van der Waals surface area contributed by atoms with Crippen molar-refractivity contribution in [3.05, 3.63) is 65.2 Å². The van der Waals surface area contributed by atoms with E-state index in [2.05, 4.69) is 36.5 Å². The molecule has 0 aliphatic carbocycles. The Morgan fingerprint density at radius 2 is 1.83 bits per heavy atom. The van der Waals surface area contributed by atoms with Gasteiger partial charge in [-0.15, -0.1) is 0 Å². The number of carbonyl (C=O) groups is 2. The molecule has 0 aromatic heterocycles. The molecule has 0 radical (unpaired) electrons. The van der Waals surface area contributed by atoms with Crippen molar-refractivity contribution in [2.75, 3.05) is 11.4 Å². The van der Waals surface area contributed by atoms with Gasteiger partial charge < -0.3 is 5.32 Å². The number of rotatable bonds is 4. The zero-order valence-electron chi connectivity index (χ0n) is 14.1. The van der Waals surface area contributed by atoms with Crippen molar-refractivity contribution in [1.82, 2.24) is 5.32 Å². The standard InChI is InChI=1S/C20H22N2O2/c1-14-7-9-16(10-8-14)11-12-21-20(24)19-13-17-5-3-4-6-18(17)22(19)15(2)23/h3-10,19H,11-13H2,1-2H3,(H,21,24)/t19-/m0/s1. The second kappa shape index (κ2) is 6.87. The van der Waals surface area contributed by atoms with Crippen LogP contribution in [0, 0.1) is 6.92 Å². The molecule has 1 atom stereocenters. The van der Waals surface area contributed by atoms with Gasteiger partial charge in [-0.1, -0.05) is 48.0 Å². The lowest BCUT2D eigenvalue weighted by Gasteiger charge is -2.23. The van der Waals surface area contributed by atoms with Gasteiger partial charge in [-0.05, 0) is 30.5 Å². The van der Waals surface area contributed by atoms with Crippen LogP contribution >= 0.6 is 0 Å². The fourth-order valence-electron chi connectivity index (χ4n) is 3.19. The zero-order chi connectivity index (χ0) is 17.1. The Balaban J connectivity index is 1.62. The SMILES string of the molecule is CC(=O)N1c2ccccc2C[C@H]1C(=O)NCCc1ccc(C)cc1. The molecule has 1 aliphatic rings. The average molecular weight is 322 g/mol. The number of benzene rings is 2. The molecule has 2 aromatic rings. The van der Waals surface area contributed by atoms with Crippen LogP contribution in [0.2, 0.25) is 0 Å². The topological polar surface area (TPSA) is 49.4 Å². The molecule has 0 saturated heterocycles. The van der Waals surface area contributed by atoms with Crippen LogP contribution in [0.4, 0.5) is 5.69 Å². The first-order valence-corrected chi connectivity index (χ1v) is 8.27. The molecular formula is C20H22N2O2. The molecule has 1 aliphatic heterocycles. The summed E-state index contributed by atoms with van der Waals surface area (Å²) in [6.07, 6.45) is 1.36. The molecule has 3 rings (SSSR count). The number of anilines is 1. The Hall–Kier alpha value is -2.62. The summed E-state index contributed by atoms with van der Waals surface area (Å²) in [4.78, 5) is 26.2. The van der Waals surface area contributed by atoms with Gasteiger partial charge in [0.25, 0.3) is 0 Å². The number of amides is 2. The molecule has 0 fully saturated rings. The van der Waals surface area contributed by atoms with Gasteiger partial charge in [-0.3, -0.25) is 14.5 Å². The van der Waals surface area contributed by atoms with E-state index in [9.17, 15) is 9.59 Å². The van der Waals surface area contributed by atoms with E-state index in [0.717, 1.165) is 17.7 Å². The van der Waals surface area contributed by atoms with Crippen LogP contribution in [0.1, 0.15) is 23.6 Å². The van der Waals surface area contributed by atoms with Crippen LogP contribution in [-0.2, 0) is 22.4 Å². The summed E-state index contributed by atoms with van der Waals surface area (Å²) in [6.45, 7) is 4.13. The number of nitrogens with zero attached hydrogens (tertiary/aromatic N) is 1. The van der Waals surface area contributed by atoms with Crippen molar-refractivity contribution < 1.29 is 9.59 Å². The number of hydrogen-bond acceptors (Lipinski definition) is 2. The minimum absolute atomic E-state index is 0.0893. The molecule has 0 saturated carbocycles. The molecule has 0 bridgehead atoms. The minimum atomic E-state index is -0.446. The highest BCUT2D eigenvalue weighted by molar-refractivity contribution is 6.02. The predicted molar refractivity (Wildman–Crippen MR) is 95.0 cm³/mol. The molecule has 1 heterocycles. The van der Waals surface area contributed by atoms with Gasteiger partial charge in [0.05, 0.1) is 0 Å². The normalized spacial score (nSPS) is 15.9. The van der Waals surface area contributed by atoms with Gasteiger partial charge in [-0.25, -0.2) is 0 Å². The highest BCUT2D eigenvalue weighted by Gasteiger charge is 2.36. The second-order valence-corrected chi connectivity index (χ2v) is 6.26. The Labute approximate surface area is 142 Å². The first-order chi connectivity index (χ1) is 11.6. The minimum Gasteiger partial charge on any atom is -0.354 e. The van der Waals surface area contributed by atoms with Crippen molar-refractivity contribution in [3.8, 4) is 0 Å². The molecule has 24 heavy (non-hydrogen) atoms. The van der Waals surface area contributed by atoms with Crippen LogP contribution in [0.5, 0.6) is 0 Å². The van der Waals surface area contributed by atoms with Gasteiger partial charge in [0.2, 0.25) is 11.8 Å². The quantitative estimate of drug-likeness (QED) is 0.941. The Morgan fingerprint density at radius 3 is 2.54 bits per heavy atom. The summed E-state index contributed by atoms with van der Waals surface area (Å²) >= 11 is 0. The number of carbonyl (C=O) groups excluding carboxylic acids is 2. The van der Waals surface area contributed by atoms with Crippen LogP contribution < -0.4 is 10.2 Å². The maximum atomic E-state index is 12.6. The van der Waals surface area contributed by atoms with Crippen molar-refractivity contribution in [2.45, 2.75) is 32.7 Å². The van der Waals surface area contributed by atoms with E-state index >= 15 is 0 Å². The summed E-state index contributed by atoms with van der Waals surface area (Å²) in [5, 5.41) is 2.97. The predicted octanol–water partition coefficient (Wildman–Crippen LogP) is 2.63. The lowest BCUT2D eigenvalue weighted by atomic mass is 10.1. The van der Waals surface area contributed by atoms with Crippen molar-refractivity contribution in [2.24, 2.45) is 0 Å². The van der Waals surface area contributed by atoms with E-state index in [1.54, 1.807) is 4.90 Å². The fourth-order valence-corrected chi connectivity index (χ4v) is 3.19. The summed E-state index contributed by atoms with van der Waals surface area (Å²) in [5.41, 5.74) is 4.32. The molecule has 4 heteroatoms. The van der Waals surface area contributed by atoms with E-state index < -0.39 is 6.04 Å². The van der Waals surface area contributed by atoms with Crippen LogP contribution in [0.15, 0.2) is 48.5 Å². The van der Waals surface area contributed by atoms with E-state index in [0.29, 0.717) is 13.0 Å². The number of aryl methyl sites for hydroxylation is 1. The maximum absolute atomic E-state index is 12.6. The Bertz CT molecular complexity index is 752. The number of fused-ring (bicyclic) bond motifs is 1. The Morgan fingerprint density at radius 1 is 1.12 bits per heavy atom. The number of hydrogen-bond donors (Lipinski definition) is 1. The zero-order valence-corrected chi connectivity index (χ0v) is 14.1. The van der Waals surface area contributed by atoms with Crippen LogP contribution in [0.25, 0.3) is 0 Å². The van der Waals surface area contributed by atoms with Crippen LogP contribution in [0.3, 0.4) is 0 Å². The van der Waals surface area contributed by atoms with E-state index in [1.807, 2.05) is 24.3 Å². The van der Waals surface area contributed by atoms with E-state index in [-0.39, 0.29) is 11.8 Å².